The summed E-state index contributed by atoms with van der Waals surface area (Å²) < 4.78 is 5.23. The van der Waals surface area contributed by atoms with Gasteiger partial charge in [-0.05, 0) is 25.8 Å². The average molecular weight is 377 g/mol. The fraction of sp³-hybridized carbons (Fsp3) is 0.611. The monoisotopic (exact) mass is 377 g/mol. The maximum atomic E-state index is 12.9. The zero-order chi connectivity index (χ0) is 18.6. The number of carbonyl (C=O) groups excluding carboxylic acids is 3. The maximum Gasteiger partial charge on any atom is 0.257 e. The highest BCUT2D eigenvalue weighted by Gasteiger charge is 2.45. The number of fused-ring (bicyclic) bond motifs is 3. The van der Waals surface area contributed by atoms with E-state index < -0.39 is 5.41 Å². The van der Waals surface area contributed by atoms with Gasteiger partial charge in [-0.25, -0.2) is 0 Å². The van der Waals surface area contributed by atoms with Crippen molar-refractivity contribution in [2.45, 2.75) is 26.8 Å². The largest absolute Gasteiger partial charge is 0.379 e. The van der Waals surface area contributed by atoms with E-state index in [9.17, 15) is 14.4 Å². The summed E-state index contributed by atoms with van der Waals surface area (Å²) in [5, 5.41) is 0.740. The normalized spacial score (nSPS) is 21.9. The minimum Gasteiger partial charge on any atom is -0.379 e. The van der Waals surface area contributed by atoms with Crippen LogP contribution in [0.3, 0.4) is 0 Å². The predicted octanol–water partition coefficient (Wildman–Crippen LogP) is 1.11. The quantitative estimate of drug-likeness (QED) is 0.774. The summed E-state index contributed by atoms with van der Waals surface area (Å²) >= 11 is 1.48. The highest BCUT2D eigenvalue weighted by atomic mass is 32.1. The highest BCUT2D eigenvalue weighted by Crippen LogP contribution is 2.42. The van der Waals surface area contributed by atoms with Crippen LogP contribution in [0.25, 0.3) is 0 Å². The number of likely N-dealkylation sites (N-methyl/N-ethyl adjacent to an activating group) is 2. The molecule has 26 heavy (non-hydrogen) atoms. The van der Waals surface area contributed by atoms with E-state index in [4.69, 9.17) is 4.74 Å². The molecule has 1 aromatic heterocycles. The lowest BCUT2D eigenvalue weighted by atomic mass is 9.86. The average Bonchev–Trinajstić information content (AvgIpc) is 2.92. The van der Waals surface area contributed by atoms with Gasteiger partial charge in [-0.15, -0.1) is 11.3 Å². The standard InChI is InChI=1S/C18H23N3O4S/c1-4-21-13(22)8-19(3)15(23)14-11-5-6-20(7-12(11)26-16(14)21)17(24)18(2)9-25-10-18/h4-10H2,1-3H3. The topological polar surface area (TPSA) is 70.2 Å². The molecule has 4 heterocycles. The van der Waals surface area contributed by atoms with Crippen molar-refractivity contribution >= 4 is 34.1 Å². The van der Waals surface area contributed by atoms with E-state index in [0.29, 0.717) is 44.8 Å². The molecule has 8 heteroatoms. The van der Waals surface area contributed by atoms with Gasteiger partial charge in [-0.2, -0.15) is 0 Å². The van der Waals surface area contributed by atoms with Crippen LogP contribution in [-0.2, 0) is 27.3 Å². The number of thiophene rings is 1. The molecule has 0 spiro atoms. The Labute approximate surface area is 156 Å². The van der Waals surface area contributed by atoms with Crippen LogP contribution >= 0.6 is 11.3 Å². The number of nitrogens with zero attached hydrogens (tertiary/aromatic N) is 3. The molecule has 0 aliphatic carbocycles. The molecule has 1 fully saturated rings. The molecule has 0 atom stereocenters. The van der Waals surface area contributed by atoms with Crippen molar-refractivity contribution in [3.05, 3.63) is 16.0 Å². The molecule has 0 bridgehead atoms. The lowest BCUT2D eigenvalue weighted by Gasteiger charge is -2.41. The van der Waals surface area contributed by atoms with E-state index in [1.807, 2.05) is 18.7 Å². The summed E-state index contributed by atoms with van der Waals surface area (Å²) in [7, 11) is 1.67. The van der Waals surface area contributed by atoms with Crippen LogP contribution in [-0.4, -0.2) is 67.4 Å². The minimum absolute atomic E-state index is 0.0623. The number of carbonyl (C=O) groups is 3. The molecule has 140 valence electrons. The molecule has 3 aliphatic heterocycles. The molecular weight excluding hydrogens is 354 g/mol. The first-order valence-electron chi connectivity index (χ1n) is 8.93. The third kappa shape index (κ3) is 2.46. The molecule has 1 aromatic rings. The molecule has 4 rings (SSSR count). The number of hydrogen-bond donors (Lipinski definition) is 0. The molecule has 3 amide bonds. The Hall–Kier alpha value is -1.93. The number of rotatable bonds is 2. The summed E-state index contributed by atoms with van der Waals surface area (Å²) in [4.78, 5) is 44.2. The smallest absolute Gasteiger partial charge is 0.257 e. The number of ether oxygens (including phenoxy) is 1. The Morgan fingerprint density at radius 2 is 2.00 bits per heavy atom. The van der Waals surface area contributed by atoms with Crippen LogP contribution in [0.1, 0.15) is 34.6 Å². The van der Waals surface area contributed by atoms with Crippen LogP contribution in [0.4, 0.5) is 5.00 Å². The van der Waals surface area contributed by atoms with Gasteiger partial charge in [-0.1, -0.05) is 0 Å². The molecule has 7 nitrogen and oxygen atoms in total. The number of anilines is 1. The first kappa shape index (κ1) is 17.5. The summed E-state index contributed by atoms with van der Waals surface area (Å²) in [6.45, 7) is 6.54. The molecule has 1 saturated heterocycles. The van der Waals surface area contributed by atoms with E-state index in [-0.39, 0.29) is 24.3 Å². The minimum atomic E-state index is -0.423. The molecular formula is C18H23N3O4S. The number of hydrogen-bond acceptors (Lipinski definition) is 5. The van der Waals surface area contributed by atoms with Crippen LogP contribution in [0.5, 0.6) is 0 Å². The molecule has 0 N–H and O–H groups in total. The van der Waals surface area contributed by atoms with Crippen molar-refractivity contribution < 1.29 is 19.1 Å². The van der Waals surface area contributed by atoms with Gasteiger partial charge in [0.05, 0.1) is 30.7 Å². The lowest BCUT2D eigenvalue weighted by Crippen LogP contribution is -2.54. The van der Waals surface area contributed by atoms with E-state index in [1.54, 1.807) is 11.9 Å². The summed E-state index contributed by atoms with van der Waals surface area (Å²) in [6.07, 6.45) is 0.648. The van der Waals surface area contributed by atoms with Crippen molar-refractivity contribution in [2.75, 3.05) is 44.8 Å². The van der Waals surface area contributed by atoms with Gasteiger partial charge in [0.15, 0.2) is 0 Å². The maximum absolute atomic E-state index is 12.9. The molecule has 0 saturated carbocycles. The zero-order valence-electron chi connectivity index (χ0n) is 15.3. The summed E-state index contributed by atoms with van der Waals surface area (Å²) in [6, 6.07) is 0. The second kappa shape index (κ2) is 6.06. The van der Waals surface area contributed by atoms with Crippen molar-refractivity contribution in [2.24, 2.45) is 5.41 Å². The fourth-order valence-electron chi connectivity index (χ4n) is 3.87. The van der Waals surface area contributed by atoms with Crippen LogP contribution < -0.4 is 4.90 Å². The summed E-state index contributed by atoms with van der Waals surface area (Å²) in [5.74, 6) is -0.0430. The van der Waals surface area contributed by atoms with Crippen LogP contribution in [0, 0.1) is 5.41 Å². The third-order valence-corrected chi connectivity index (χ3v) is 6.72. The van der Waals surface area contributed by atoms with Crippen molar-refractivity contribution in [1.29, 1.82) is 0 Å². The molecule has 3 aliphatic rings. The fourth-order valence-corrected chi connectivity index (χ4v) is 5.31. The highest BCUT2D eigenvalue weighted by molar-refractivity contribution is 7.17. The van der Waals surface area contributed by atoms with E-state index in [1.165, 1.54) is 16.2 Å². The van der Waals surface area contributed by atoms with Gasteiger partial charge in [0, 0.05) is 25.0 Å². The van der Waals surface area contributed by atoms with Gasteiger partial charge < -0.3 is 19.4 Å². The second-order valence-electron chi connectivity index (χ2n) is 7.51. The molecule has 0 unspecified atom stereocenters. The first-order valence-corrected chi connectivity index (χ1v) is 9.75. The molecule has 0 aromatic carbocycles. The van der Waals surface area contributed by atoms with Crippen LogP contribution in [0.15, 0.2) is 0 Å². The Kier molecular flexibility index (Phi) is 4.07. The molecule has 0 radical (unpaired) electrons. The van der Waals surface area contributed by atoms with Gasteiger partial charge in [-0.3, -0.25) is 14.4 Å². The van der Waals surface area contributed by atoms with E-state index >= 15 is 0 Å². The van der Waals surface area contributed by atoms with Gasteiger partial charge in [0.25, 0.3) is 5.91 Å². The van der Waals surface area contributed by atoms with Crippen molar-refractivity contribution in [3.63, 3.8) is 0 Å². The van der Waals surface area contributed by atoms with Gasteiger partial charge >= 0.3 is 0 Å². The van der Waals surface area contributed by atoms with E-state index in [0.717, 1.165) is 15.4 Å². The number of amides is 3. The second-order valence-corrected chi connectivity index (χ2v) is 8.60. The lowest BCUT2D eigenvalue weighted by molar-refractivity contribution is -0.169. The Balaban J connectivity index is 1.70. The summed E-state index contributed by atoms with van der Waals surface area (Å²) in [5.41, 5.74) is 1.24. The SMILES string of the molecule is CCN1C(=O)CN(C)C(=O)c2c1sc1c2CCN(C(=O)C2(C)COC2)C1. The van der Waals surface area contributed by atoms with E-state index in [2.05, 4.69) is 0 Å². The Morgan fingerprint density at radius 1 is 1.27 bits per heavy atom. The third-order valence-electron chi connectivity index (χ3n) is 5.48. The van der Waals surface area contributed by atoms with Gasteiger partial charge in [0.1, 0.15) is 11.5 Å². The van der Waals surface area contributed by atoms with Crippen molar-refractivity contribution in [1.82, 2.24) is 9.80 Å². The predicted molar refractivity (Wildman–Crippen MR) is 97.4 cm³/mol. The van der Waals surface area contributed by atoms with Crippen LogP contribution in [0.2, 0.25) is 0 Å². The zero-order valence-corrected chi connectivity index (χ0v) is 16.1. The first-order chi connectivity index (χ1) is 12.4. The Morgan fingerprint density at radius 3 is 2.62 bits per heavy atom. The van der Waals surface area contributed by atoms with Gasteiger partial charge in [0.2, 0.25) is 11.8 Å². The Bertz CT molecular complexity index is 799. The van der Waals surface area contributed by atoms with Crippen molar-refractivity contribution in [3.8, 4) is 0 Å².